The van der Waals surface area contributed by atoms with Gasteiger partial charge in [-0.3, -0.25) is 4.90 Å². The first-order valence-electron chi connectivity index (χ1n) is 7.40. The number of morpholine rings is 1. The summed E-state index contributed by atoms with van der Waals surface area (Å²) in [6.45, 7) is 6.94. The number of methoxy groups -OCH3 is 2. The summed E-state index contributed by atoms with van der Waals surface area (Å²) in [7, 11) is 3.26. The summed E-state index contributed by atoms with van der Waals surface area (Å²) in [6, 6.07) is 6.13. The Hall–Kier alpha value is -1.30. The molecular weight excluding hydrogens is 268 g/mol. The Bertz CT molecular complexity index is 465. The van der Waals surface area contributed by atoms with Gasteiger partial charge in [-0.05, 0) is 31.5 Å². The molecule has 0 spiro atoms. The molecule has 1 aliphatic heterocycles. The van der Waals surface area contributed by atoms with Crippen LogP contribution in [0.1, 0.15) is 25.5 Å². The number of hydrogen-bond acceptors (Lipinski definition) is 5. The van der Waals surface area contributed by atoms with Crippen molar-refractivity contribution in [2.24, 2.45) is 5.73 Å². The third-order valence-corrected chi connectivity index (χ3v) is 4.05. The molecular formula is C16H26N2O3. The quantitative estimate of drug-likeness (QED) is 0.897. The topological polar surface area (TPSA) is 57.0 Å². The maximum Gasteiger partial charge on any atom is 0.161 e. The molecule has 2 N–H and O–H groups in total. The smallest absolute Gasteiger partial charge is 0.161 e. The maximum atomic E-state index is 6.40. The van der Waals surface area contributed by atoms with Gasteiger partial charge in [-0.2, -0.15) is 0 Å². The molecule has 0 saturated carbocycles. The molecule has 0 aromatic heterocycles. The lowest BCUT2D eigenvalue weighted by molar-refractivity contribution is -0.0502. The average Bonchev–Trinajstić information content (AvgIpc) is 2.53. The molecule has 0 bridgehead atoms. The predicted molar refractivity (Wildman–Crippen MR) is 82.9 cm³/mol. The van der Waals surface area contributed by atoms with Gasteiger partial charge in [0.2, 0.25) is 0 Å². The van der Waals surface area contributed by atoms with Crippen molar-refractivity contribution in [3.8, 4) is 11.5 Å². The van der Waals surface area contributed by atoms with Crippen LogP contribution in [0.15, 0.2) is 18.2 Å². The number of ether oxygens (including phenoxy) is 3. The van der Waals surface area contributed by atoms with E-state index in [1.54, 1.807) is 14.2 Å². The molecule has 0 aliphatic carbocycles. The van der Waals surface area contributed by atoms with Gasteiger partial charge in [-0.15, -0.1) is 0 Å². The third-order valence-electron chi connectivity index (χ3n) is 4.05. The molecule has 1 fully saturated rings. The Morgan fingerprint density at radius 2 is 1.95 bits per heavy atom. The van der Waals surface area contributed by atoms with Crippen molar-refractivity contribution in [2.75, 3.05) is 33.9 Å². The van der Waals surface area contributed by atoms with E-state index >= 15 is 0 Å². The molecule has 5 nitrogen and oxygen atoms in total. The van der Waals surface area contributed by atoms with E-state index in [1.807, 2.05) is 18.2 Å². The van der Waals surface area contributed by atoms with Crippen LogP contribution in [0.4, 0.5) is 0 Å². The lowest BCUT2D eigenvalue weighted by atomic mass is 10.00. The van der Waals surface area contributed by atoms with Gasteiger partial charge in [0.05, 0.1) is 33.0 Å². The van der Waals surface area contributed by atoms with Gasteiger partial charge in [-0.25, -0.2) is 0 Å². The molecule has 2 unspecified atom stereocenters. The zero-order chi connectivity index (χ0) is 15.4. The van der Waals surface area contributed by atoms with Gasteiger partial charge in [0, 0.05) is 19.1 Å². The van der Waals surface area contributed by atoms with Crippen LogP contribution < -0.4 is 15.2 Å². The van der Waals surface area contributed by atoms with Crippen molar-refractivity contribution >= 4 is 0 Å². The van der Waals surface area contributed by atoms with E-state index in [4.69, 9.17) is 19.9 Å². The van der Waals surface area contributed by atoms with E-state index in [0.717, 1.165) is 25.3 Å². The molecule has 1 aliphatic rings. The SMILES string of the molecule is COc1ccc(C(N)C2CN(C(C)C)CCO2)cc1OC. The fourth-order valence-electron chi connectivity index (χ4n) is 2.66. The Balaban J connectivity index is 2.13. The second-order valence-corrected chi connectivity index (χ2v) is 5.64. The van der Waals surface area contributed by atoms with Crippen LogP contribution >= 0.6 is 0 Å². The molecule has 21 heavy (non-hydrogen) atoms. The minimum absolute atomic E-state index is 0.000693. The number of nitrogens with two attached hydrogens (primary N) is 1. The van der Waals surface area contributed by atoms with E-state index in [1.165, 1.54) is 0 Å². The van der Waals surface area contributed by atoms with Crippen molar-refractivity contribution in [3.63, 3.8) is 0 Å². The van der Waals surface area contributed by atoms with Crippen molar-refractivity contribution in [1.29, 1.82) is 0 Å². The highest BCUT2D eigenvalue weighted by molar-refractivity contribution is 5.44. The zero-order valence-electron chi connectivity index (χ0n) is 13.3. The minimum atomic E-state index is -0.175. The van der Waals surface area contributed by atoms with Gasteiger partial charge in [-0.1, -0.05) is 6.07 Å². The molecule has 2 rings (SSSR count). The zero-order valence-corrected chi connectivity index (χ0v) is 13.3. The number of rotatable bonds is 5. The largest absolute Gasteiger partial charge is 0.493 e. The van der Waals surface area contributed by atoms with Crippen molar-refractivity contribution in [1.82, 2.24) is 4.90 Å². The second kappa shape index (κ2) is 7.11. The standard InChI is InChI=1S/C16H26N2O3/c1-11(2)18-7-8-21-15(10-18)16(17)12-5-6-13(19-3)14(9-12)20-4/h5-6,9,11,15-16H,7-8,10,17H2,1-4H3. The van der Waals surface area contributed by atoms with Crippen LogP contribution in [0.3, 0.4) is 0 Å². The average molecular weight is 294 g/mol. The summed E-state index contributed by atoms with van der Waals surface area (Å²) in [5, 5.41) is 0. The van der Waals surface area contributed by atoms with E-state index in [2.05, 4.69) is 18.7 Å². The maximum absolute atomic E-state index is 6.40. The molecule has 1 heterocycles. The Kier molecular flexibility index (Phi) is 5.45. The highest BCUT2D eigenvalue weighted by Gasteiger charge is 2.28. The Morgan fingerprint density at radius 1 is 1.24 bits per heavy atom. The fraction of sp³-hybridized carbons (Fsp3) is 0.625. The van der Waals surface area contributed by atoms with Crippen LogP contribution in [0, 0.1) is 0 Å². The molecule has 1 saturated heterocycles. The predicted octanol–water partition coefficient (Wildman–Crippen LogP) is 1.81. The first-order valence-corrected chi connectivity index (χ1v) is 7.40. The molecule has 1 aromatic rings. The van der Waals surface area contributed by atoms with Crippen molar-refractivity contribution in [3.05, 3.63) is 23.8 Å². The number of benzene rings is 1. The van der Waals surface area contributed by atoms with Crippen molar-refractivity contribution in [2.45, 2.75) is 32.0 Å². The Morgan fingerprint density at radius 3 is 2.57 bits per heavy atom. The van der Waals surface area contributed by atoms with Crippen LogP contribution in [-0.4, -0.2) is 51.0 Å². The van der Waals surface area contributed by atoms with Gasteiger partial charge >= 0.3 is 0 Å². The monoisotopic (exact) mass is 294 g/mol. The van der Waals surface area contributed by atoms with E-state index < -0.39 is 0 Å². The van der Waals surface area contributed by atoms with Gasteiger partial charge < -0.3 is 19.9 Å². The lowest BCUT2D eigenvalue weighted by Crippen LogP contribution is -2.49. The Labute approximate surface area is 127 Å². The molecule has 1 aromatic carbocycles. The van der Waals surface area contributed by atoms with E-state index in [9.17, 15) is 0 Å². The van der Waals surface area contributed by atoms with E-state index in [0.29, 0.717) is 17.5 Å². The summed E-state index contributed by atoms with van der Waals surface area (Å²) in [5.41, 5.74) is 7.40. The van der Waals surface area contributed by atoms with Crippen LogP contribution in [0.5, 0.6) is 11.5 Å². The third kappa shape index (κ3) is 3.67. The summed E-state index contributed by atoms with van der Waals surface area (Å²) in [6.07, 6.45) is -0.000693. The van der Waals surface area contributed by atoms with Gasteiger partial charge in [0.25, 0.3) is 0 Å². The molecule has 0 radical (unpaired) electrons. The highest BCUT2D eigenvalue weighted by Crippen LogP contribution is 2.31. The first-order chi connectivity index (χ1) is 10.1. The summed E-state index contributed by atoms with van der Waals surface area (Å²) < 4.78 is 16.5. The molecule has 0 amide bonds. The van der Waals surface area contributed by atoms with Crippen LogP contribution in [0.2, 0.25) is 0 Å². The normalized spacial score (nSPS) is 21.3. The van der Waals surface area contributed by atoms with Crippen molar-refractivity contribution < 1.29 is 14.2 Å². The molecule has 2 atom stereocenters. The van der Waals surface area contributed by atoms with Crippen LogP contribution in [-0.2, 0) is 4.74 Å². The summed E-state index contributed by atoms with van der Waals surface area (Å²) >= 11 is 0. The second-order valence-electron chi connectivity index (χ2n) is 5.64. The first kappa shape index (κ1) is 16.1. The molecule has 118 valence electrons. The van der Waals surface area contributed by atoms with Gasteiger partial charge in [0.15, 0.2) is 11.5 Å². The fourth-order valence-corrected chi connectivity index (χ4v) is 2.66. The van der Waals surface area contributed by atoms with E-state index in [-0.39, 0.29) is 12.1 Å². The number of nitrogens with zero attached hydrogens (tertiary/aromatic N) is 1. The summed E-state index contributed by atoms with van der Waals surface area (Å²) in [5.74, 6) is 1.41. The molecule has 5 heteroatoms. The lowest BCUT2D eigenvalue weighted by Gasteiger charge is -2.38. The highest BCUT2D eigenvalue weighted by atomic mass is 16.5. The van der Waals surface area contributed by atoms with Crippen LogP contribution in [0.25, 0.3) is 0 Å². The van der Waals surface area contributed by atoms with Gasteiger partial charge in [0.1, 0.15) is 0 Å². The summed E-state index contributed by atoms with van der Waals surface area (Å²) in [4.78, 5) is 2.40. The number of hydrogen-bond donors (Lipinski definition) is 1. The minimum Gasteiger partial charge on any atom is -0.493 e.